The van der Waals surface area contributed by atoms with E-state index in [1.54, 1.807) is 23.9 Å². The fraction of sp³-hybridized carbons (Fsp3) is 0.500. The molecular formula is C28H36O6S2. The molecule has 0 radical (unpaired) electrons. The van der Waals surface area contributed by atoms with Crippen LogP contribution in [0.15, 0.2) is 42.5 Å². The molecule has 2 aromatic rings. The number of benzene rings is 2. The number of phenolic OH excluding ortho intramolecular Hbond substituents is 1. The van der Waals surface area contributed by atoms with E-state index in [9.17, 15) is 19.8 Å². The van der Waals surface area contributed by atoms with E-state index >= 15 is 0 Å². The Bertz CT molecular complexity index is 1040. The second kappa shape index (κ2) is 12.9. The second-order valence-electron chi connectivity index (χ2n) is 9.35. The van der Waals surface area contributed by atoms with E-state index in [1.165, 1.54) is 6.92 Å². The SMILES string of the molecule is CCCc1c(OCCCSCC2(C)COC(CCC(=O)O)(c3ccccc3)S2)ccc(C(C)=O)c1O. The molecule has 6 nitrogen and oxygen atoms in total. The van der Waals surface area contributed by atoms with Crippen molar-refractivity contribution in [3.8, 4) is 11.5 Å². The van der Waals surface area contributed by atoms with E-state index < -0.39 is 10.9 Å². The van der Waals surface area contributed by atoms with Crippen molar-refractivity contribution in [3.05, 3.63) is 59.2 Å². The highest BCUT2D eigenvalue weighted by Gasteiger charge is 2.48. The number of rotatable bonds is 14. The smallest absolute Gasteiger partial charge is 0.303 e. The van der Waals surface area contributed by atoms with E-state index in [-0.39, 0.29) is 22.7 Å². The number of hydrogen-bond acceptors (Lipinski definition) is 7. The quantitative estimate of drug-likeness (QED) is 0.217. The molecule has 1 aliphatic heterocycles. The molecular weight excluding hydrogens is 496 g/mol. The van der Waals surface area contributed by atoms with Gasteiger partial charge in [-0.2, -0.15) is 11.8 Å². The zero-order valence-electron chi connectivity index (χ0n) is 21.2. The number of aromatic hydroxyl groups is 1. The van der Waals surface area contributed by atoms with Crippen LogP contribution < -0.4 is 4.74 Å². The van der Waals surface area contributed by atoms with Crippen molar-refractivity contribution in [1.29, 1.82) is 0 Å². The summed E-state index contributed by atoms with van der Waals surface area (Å²) in [5, 5.41) is 19.8. The zero-order valence-corrected chi connectivity index (χ0v) is 22.9. The minimum absolute atomic E-state index is 0.0344. The lowest BCUT2D eigenvalue weighted by Crippen LogP contribution is -2.25. The molecule has 2 aromatic carbocycles. The number of ketones is 1. The fourth-order valence-electron chi connectivity index (χ4n) is 4.33. The van der Waals surface area contributed by atoms with Crippen LogP contribution in [-0.2, 0) is 20.9 Å². The number of hydrogen-bond donors (Lipinski definition) is 2. The third-order valence-electron chi connectivity index (χ3n) is 6.12. The lowest BCUT2D eigenvalue weighted by atomic mass is 10.0. The molecule has 1 saturated heterocycles. The van der Waals surface area contributed by atoms with E-state index in [4.69, 9.17) is 9.47 Å². The van der Waals surface area contributed by atoms with Gasteiger partial charge in [-0.3, -0.25) is 9.59 Å². The van der Waals surface area contributed by atoms with Crippen molar-refractivity contribution in [1.82, 2.24) is 0 Å². The molecule has 1 fully saturated rings. The normalized spacial score (nSPS) is 21.4. The molecule has 1 aliphatic rings. The number of Topliss-reactive ketones (excluding diaryl/α,β-unsaturated/α-hetero) is 1. The number of aliphatic carboxylic acids is 1. The van der Waals surface area contributed by atoms with Gasteiger partial charge in [0.2, 0.25) is 0 Å². The molecule has 2 N–H and O–H groups in total. The Morgan fingerprint density at radius 3 is 2.61 bits per heavy atom. The third-order valence-corrected chi connectivity index (χ3v) is 9.36. The predicted molar refractivity (Wildman–Crippen MR) is 146 cm³/mol. The summed E-state index contributed by atoms with van der Waals surface area (Å²) >= 11 is 3.57. The third kappa shape index (κ3) is 7.20. The molecule has 0 amide bonds. The number of thioether (sulfide) groups is 2. The molecule has 2 atom stereocenters. The van der Waals surface area contributed by atoms with Crippen LogP contribution in [0.3, 0.4) is 0 Å². The average molecular weight is 533 g/mol. The van der Waals surface area contributed by atoms with Crippen molar-refractivity contribution < 1.29 is 29.3 Å². The highest BCUT2D eigenvalue weighted by molar-refractivity contribution is 8.04. The van der Waals surface area contributed by atoms with E-state index in [0.29, 0.717) is 42.9 Å². The molecule has 8 heteroatoms. The highest BCUT2D eigenvalue weighted by Crippen LogP contribution is 2.55. The minimum Gasteiger partial charge on any atom is -0.507 e. The second-order valence-corrected chi connectivity index (χ2v) is 12.3. The maximum absolute atomic E-state index is 11.7. The molecule has 2 unspecified atom stereocenters. The Labute approximate surface area is 222 Å². The van der Waals surface area contributed by atoms with Crippen LogP contribution in [0.2, 0.25) is 0 Å². The lowest BCUT2D eigenvalue weighted by Gasteiger charge is -2.30. The van der Waals surface area contributed by atoms with Gasteiger partial charge in [-0.05, 0) is 50.1 Å². The van der Waals surface area contributed by atoms with Gasteiger partial charge in [0, 0.05) is 28.9 Å². The van der Waals surface area contributed by atoms with Gasteiger partial charge < -0.3 is 19.7 Å². The predicted octanol–water partition coefficient (Wildman–Crippen LogP) is 6.29. The first-order valence-electron chi connectivity index (χ1n) is 12.4. The summed E-state index contributed by atoms with van der Waals surface area (Å²) in [6.45, 7) is 6.75. The summed E-state index contributed by atoms with van der Waals surface area (Å²) < 4.78 is 12.2. The number of carbonyl (C=O) groups is 2. The van der Waals surface area contributed by atoms with Crippen LogP contribution in [0, 0.1) is 0 Å². The summed E-state index contributed by atoms with van der Waals surface area (Å²) in [5.74, 6) is 1.49. The number of carbonyl (C=O) groups excluding carboxylic acids is 1. The van der Waals surface area contributed by atoms with Gasteiger partial charge in [0.1, 0.15) is 16.4 Å². The Kier molecular flexibility index (Phi) is 10.2. The molecule has 0 aromatic heterocycles. The molecule has 36 heavy (non-hydrogen) atoms. The summed E-state index contributed by atoms with van der Waals surface area (Å²) in [5.41, 5.74) is 2.05. The Balaban J connectivity index is 1.51. The summed E-state index contributed by atoms with van der Waals surface area (Å²) in [6, 6.07) is 13.3. The Morgan fingerprint density at radius 1 is 1.19 bits per heavy atom. The topological polar surface area (TPSA) is 93.1 Å². The monoisotopic (exact) mass is 532 g/mol. The van der Waals surface area contributed by atoms with Gasteiger partial charge in [-0.1, -0.05) is 43.7 Å². The van der Waals surface area contributed by atoms with Crippen LogP contribution >= 0.6 is 23.5 Å². The van der Waals surface area contributed by atoms with E-state index in [1.807, 2.05) is 49.0 Å². The van der Waals surface area contributed by atoms with Crippen LogP contribution in [0.4, 0.5) is 0 Å². The molecule has 196 valence electrons. The summed E-state index contributed by atoms with van der Waals surface area (Å²) in [6.07, 6.45) is 2.83. The van der Waals surface area contributed by atoms with Gasteiger partial charge in [0.25, 0.3) is 0 Å². The van der Waals surface area contributed by atoms with Gasteiger partial charge in [0.05, 0.1) is 18.8 Å². The van der Waals surface area contributed by atoms with Gasteiger partial charge in [-0.25, -0.2) is 0 Å². The van der Waals surface area contributed by atoms with Crippen molar-refractivity contribution in [2.75, 3.05) is 24.7 Å². The van der Waals surface area contributed by atoms with Gasteiger partial charge in [0.15, 0.2) is 5.78 Å². The maximum Gasteiger partial charge on any atom is 0.303 e. The number of ether oxygens (including phenoxy) is 2. The first kappa shape index (κ1) is 28.4. The molecule has 1 heterocycles. The highest BCUT2D eigenvalue weighted by atomic mass is 32.2. The van der Waals surface area contributed by atoms with Crippen molar-refractivity contribution in [3.63, 3.8) is 0 Å². The number of carboxylic acids is 1. The standard InChI is InChI=1S/C28H36O6S2/c1-4-9-23-24(13-12-22(20(2)29)26(23)32)33-16-8-17-35-19-27(3)18-34-28(36-27,15-14-25(30)31)21-10-6-5-7-11-21/h5-7,10-13,32H,4,8-9,14-19H2,1-3H3,(H,30,31). The summed E-state index contributed by atoms with van der Waals surface area (Å²) in [7, 11) is 0. The minimum atomic E-state index is -0.816. The average Bonchev–Trinajstić information content (AvgIpc) is 3.20. The molecule has 0 saturated carbocycles. The molecule has 0 aliphatic carbocycles. The first-order valence-corrected chi connectivity index (χ1v) is 14.3. The fourth-order valence-corrected chi connectivity index (χ4v) is 7.29. The number of phenols is 1. The largest absolute Gasteiger partial charge is 0.507 e. The molecule has 0 spiro atoms. The Morgan fingerprint density at radius 2 is 1.94 bits per heavy atom. The van der Waals surface area contributed by atoms with Crippen molar-refractivity contribution in [2.24, 2.45) is 0 Å². The van der Waals surface area contributed by atoms with E-state index in [0.717, 1.165) is 29.9 Å². The van der Waals surface area contributed by atoms with Gasteiger partial charge in [-0.15, -0.1) is 11.8 Å². The Hall–Kier alpha value is -2.16. The first-order chi connectivity index (χ1) is 17.2. The lowest BCUT2D eigenvalue weighted by molar-refractivity contribution is -0.138. The molecule has 0 bridgehead atoms. The van der Waals surface area contributed by atoms with Crippen LogP contribution in [0.1, 0.15) is 67.9 Å². The van der Waals surface area contributed by atoms with Crippen LogP contribution in [0.25, 0.3) is 0 Å². The molecule has 3 rings (SSSR count). The summed E-state index contributed by atoms with van der Waals surface area (Å²) in [4.78, 5) is 22.4. The maximum atomic E-state index is 11.7. The van der Waals surface area contributed by atoms with Crippen LogP contribution in [0.5, 0.6) is 11.5 Å². The van der Waals surface area contributed by atoms with Crippen LogP contribution in [-0.4, -0.2) is 51.4 Å². The van der Waals surface area contributed by atoms with Crippen molar-refractivity contribution in [2.45, 2.75) is 62.6 Å². The van der Waals surface area contributed by atoms with E-state index in [2.05, 4.69) is 6.92 Å². The number of carboxylic acid groups (broad SMARTS) is 1. The van der Waals surface area contributed by atoms with Gasteiger partial charge >= 0.3 is 5.97 Å². The van der Waals surface area contributed by atoms with Crippen molar-refractivity contribution >= 4 is 35.3 Å². The zero-order chi connectivity index (χ0) is 26.2.